The summed E-state index contributed by atoms with van der Waals surface area (Å²) in [5.41, 5.74) is 0. The van der Waals surface area contributed by atoms with Crippen molar-refractivity contribution in [2.45, 2.75) is 12.8 Å². The first-order valence-electron chi connectivity index (χ1n) is 3.86. The van der Waals surface area contributed by atoms with Gasteiger partial charge in [-0.2, -0.15) is 0 Å². The Morgan fingerprint density at radius 2 is 2.00 bits per heavy atom. The quantitative estimate of drug-likeness (QED) is 0.719. The van der Waals surface area contributed by atoms with Crippen LogP contribution >= 0.6 is 27.3 Å². The van der Waals surface area contributed by atoms with Gasteiger partial charge in [-0.05, 0) is 40.9 Å². The zero-order valence-corrected chi connectivity index (χ0v) is 8.62. The Bertz CT molecular complexity index is 240. The monoisotopic (exact) mass is 231 g/mol. The minimum absolute atomic E-state index is 1.24. The number of anilines is 1. The van der Waals surface area contributed by atoms with Crippen molar-refractivity contribution in [1.29, 1.82) is 0 Å². The Balaban J connectivity index is 2.15. The molecule has 1 aromatic heterocycles. The normalized spacial score (nSPS) is 17.7. The molecule has 2 heterocycles. The third kappa shape index (κ3) is 1.59. The van der Waals surface area contributed by atoms with Crippen molar-refractivity contribution in [2.75, 3.05) is 18.0 Å². The number of halogens is 1. The van der Waals surface area contributed by atoms with Crippen molar-refractivity contribution in [1.82, 2.24) is 0 Å². The highest BCUT2D eigenvalue weighted by Crippen LogP contribution is 2.31. The van der Waals surface area contributed by atoms with Crippen LogP contribution in [0.3, 0.4) is 0 Å². The van der Waals surface area contributed by atoms with Gasteiger partial charge < -0.3 is 4.90 Å². The number of rotatable bonds is 1. The van der Waals surface area contributed by atoms with Gasteiger partial charge in [-0.25, -0.2) is 0 Å². The Hall–Kier alpha value is -0.0200. The molecule has 0 spiro atoms. The zero-order valence-electron chi connectivity index (χ0n) is 6.22. The first-order chi connectivity index (χ1) is 5.36. The van der Waals surface area contributed by atoms with Gasteiger partial charge in [0.2, 0.25) is 0 Å². The molecule has 0 aliphatic carbocycles. The minimum Gasteiger partial charge on any atom is -0.363 e. The van der Waals surface area contributed by atoms with Crippen LogP contribution in [0.25, 0.3) is 0 Å². The number of hydrogen-bond donors (Lipinski definition) is 0. The highest BCUT2D eigenvalue weighted by Gasteiger charge is 2.13. The molecule has 1 fully saturated rings. The summed E-state index contributed by atoms with van der Waals surface area (Å²) < 4.78 is 1.24. The molecule has 11 heavy (non-hydrogen) atoms. The van der Waals surface area contributed by atoms with E-state index in [0.29, 0.717) is 0 Å². The highest BCUT2D eigenvalue weighted by molar-refractivity contribution is 9.11. The van der Waals surface area contributed by atoms with Gasteiger partial charge in [0.15, 0.2) is 0 Å². The predicted octanol–water partition coefficient (Wildman–Crippen LogP) is 3.11. The maximum atomic E-state index is 3.47. The predicted molar refractivity (Wildman–Crippen MR) is 53.5 cm³/mol. The summed E-state index contributed by atoms with van der Waals surface area (Å²) in [5, 5.41) is 1.41. The molecule has 1 aromatic rings. The number of hydrogen-bond acceptors (Lipinski definition) is 2. The lowest BCUT2D eigenvalue weighted by atomic mass is 10.4. The molecule has 2 rings (SSSR count). The first-order valence-corrected chi connectivity index (χ1v) is 5.47. The summed E-state index contributed by atoms with van der Waals surface area (Å²) in [6.45, 7) is 2.49. The van der Waals surface area contributed by atoms with E-state index < -0.39 is 0 Å². The van der Waals surface area contributed by atoms with Crippen molar-refractivity contribution in [3.63, 3.8) is 0 Å². The Morgan fingerprint density at radius 1 is 1.27 bits per heavy atom. The second kappa shape index (κ2) is 3.15. The molecule has 0 radical (unpaired) electrons. The van der Waals surface area contributed by atoms with Crippen LogP contribution in [0, 0.1) is 0 Å². The van der Waals surface area contributed by atoms with E-state index in [0.717, 1.165) is 0 Å². The fourth-order valence-electron chi connectivity index (χ4n) is 1.41. The number of thiophene rings is 1. The van der Waals surface area contributed by atoms with Crippen molar-refractivity contribution in [2.24, 2.45) is 0 Å². The molecule has 0 bridgehead atoms. The summed E-state index contributed by atoms with van der Waals surface area (Å²) in [7, 11) is 0. The molecule has 60 valence electrons. The largest absolute Gasteiger partial charge is 0.363 e. The van der Waals surface area contributed by atoms with Gasteiger partial charge in [-0.15, -0.1) is 11.3 Å². The molecule has 3 heteroatoms. The standard InChI is InChI=1S/C8H10BrNS/c9-7-3-4-8(11-7)10-5-1-2-6-10/h3-4H,1-2,5-6H2. The molecular formula is C8H10BrNS. The first kappa shape index (κ1) is 7.62. The van der Waals surface area contributed by atoms with Crippen LogP contribution in [0.5, 0.6) is 0 Å². The fourth-order valence-corrected chi connectivity index (χ4v) is 2.83. The van der Waals surface area contributed by atoms with Crippen LogP contribution in [0.4, 0.5) is 5.00 Å². The van der Waals surface area contributed by atoms with E-state index in [-0.39, 0.29) is 0 Å². The van der Waals surface area contributed by atoms with Gasteiger partial charge >= 0.3 is 0 Å². The average Bonchev–Trinajstić information content (AvgIpc) is 2.55. The summed E-state index contributed by atoms with van der Waals surface area (Å²) in [6.07, 6.45) is 2.71. The molecule has 0 amide bonds. The zero-order chi connectivity index (χ0) is 7.68. The van der Waals surface area contributed by atoms with Crippen LogP contribution in [-0.2, 0) is 0 Å². The highest BCUT2D eigenvalue weighted by atomic mass is 79.9. The Kier molecular flexibility index (Phi) is 2.18. The van der Waals surface area contributed by atoms with Gasteiger partial charge in [0.25, 0.3) is 0 Å². The fraction of sp³-hybridized carbons (Fsp3) is 0.500. The Labute approximate surface area is 79.2 Å². The topological polar surface area (TPSA) is 3.24 Å². The smallest absolute Gasteiger partial charge is 0.0920 e. The molecule has 0 N–H and O–H groups in total. The van der Waals surface area contributed by atoms with E-state index in [1.165, 1.54) is 34.7 Å². The van der Waals surface area contributed by atoms with E-state index in [1.807, 2.05) is 11.3 Å². The third-order valence-electron chi connectivity index (χ3n) is 1.98. The SMILES string of the molecule is Brc1ccc(N2CCCC2)s1. The average molecular weight is 232 g/mol. The lowest BCUT2D eigenvalue weighted by Crippen LogP contribution is -2.15. The van der Waals surface area contributed by atoms with Crippen LogP contribution in [0.15, 0.2) is 15.9 Å². The Morgan fingerprint density at radius 3 is 2.55 bits per heavy atom. The molecule has 1 saturated heterocycles. The van der Waals surface area contributed by atoms with E-state index in [1.54, 1.807) is 0 Å². The van der Waals surface area contributed by atoms with Crippen LogP contribution < -0.4 is 4.90 Å². The second-order valence-corrected chi connectivity index (χ2v) is 5.21. The van der Waals surface area contributed by atoms with Crippen molar-refractivity contribution in [3.05, 3.63) is 15.9 Å². The van der Waals surface area contributed by atoms with Gasteiger partial charge in [0.05, 0.1) is 8.79 Å². The molecule has 1 aliphatic rings. The molecule has 0 unspecified atom stereocenters. The summed E-state index contributed by atoms with van der Waals surface area (Å²) in [4.78, 5) is 2.45. The van der Waals surface area contributed by atoms with Crippen molar-refractivity contribution in [3.8, 4) is 0 Å². The third-order valence-corrected chi connectivity index (χ3v) is 3.66. The van der Waals surface area contributed by atoms with Crippen molar-refractivity contribution < 1.29 is 0 Å². The lowest BCUT2D eigenvalue weighted by Gasteiger charge is -2.13. The van der Waals surface area contributed by atoms with E-state index in [9.17, 15) is 0 Å². The van der Waals surface area contributed by atoms with Crippen molar-refractivity contribution >= 4 is 32.3 Å². The van der Waals surface area contributed by atoms with E-state index in [2.05, 4.69) is 33.0 Å². The maximum absolute atomic E-state index is 3.47. The molecule has 0 aromatic carbocycles. The molecule has 1 nitrogen and oxygen atoms in total. The maximum Gasteiger partial charge on any atom is 0.0920 e. The van der Waals surface area contributed by atoms with Crippen LogP contribution in [0.1, 0.15) is 12.8 Å². The second-order valence-electron chi connectivity index (χ2n) is 2.77. The van der Waals surface area contributed by atoms with Crippen LogP contribution in [-0.4, -0.2) is 13.1 Å². The van der Waals surface area contributed by atoms with Gasteiger partial charge in [-0.3, -0.25) is 0 Å². The summed E-state index contributed by atoms with van der Waals surface area (Å²) >= 11 is 5.30. The number of nitrogens with zero attached hydrogens (tertiary/aromatic N) is 1. The summed E-state index contributed by atoms with van der Waals surface area (Å²) in [6, 6.07) is 4.32. The van der Waals surface area contributed by atoms with Gasteiger partial charge in [0, 0.05) is 13.1 Å². The summed E-state index contributed by atoms with van der Waals surface area (Å²) in [5.74, 6) is 0. The van der Waals surface area contributed by atoms with E-state index in [4.69, 9.17) is 0 Å². The minimum atomic E-state index is 1.24. The van der Waals surface area contributed by atoms with Gasteiger partial charge in [-0.1, -0.05) is 0 Å². The molecule has 0 saturated carbocycles. The van der Waals surface area contributed by atoms with Gasteiger partial charge in [0.1, 0.15) is 0 Å². The lowest BCUT2D eigenvalue weighted by molar-refractivity contribution is 0.949. The van der Waals surface area contributed by atoms with E-state index >= 15 is 0 Å². The molecular weight excluding hydrogens is 222 g/mol. The molecule has 1 aliphatic heterocycles. The van der Waals surface area contributed by atoms with Crippen LogP contribution in [0.2, 0.25) is 0 Å². The molecule has 0 atom stereocenters.